The van der Waals surface area contributed by atoms with Crippen molar-refractivity contribution in [1.29, 1.82) is 0 Å². The Bertz CT molecular complexity index is 1470. The smallest absolute Gasteiger partial charge is 0.425 e. The second-order valence-corrected chi connectivity index (χ2v) is 16.9. The van der Waals surface area contributed by atoms with E-state index in [9.17, 15) is 19.5 Å². The molecule has 3 aliphatic rings. The number of halogens is 1. The van der Waals surface area contributed by atoms with Crippen LogP contribution in [0.15, 0.2) is 24.5 Å². The standard InChI is InChI=1S/C40H66FN5O9/c1-13-45(12)46-32-25(4)30(42)23(2)22-38(7,51-20-14-15-28-16-18-43-19-17-28)34(54-35-31(47)29(44(10)11)21-24(3)52-35)26(5)33(48)39(8,41)36(49)53-27(6)40(32,9)55-37(46)50/h16-19,23-27,29-32,34-35,47H,13-15,20-22,42H2,1-12H3/t23-,24-,25-,26+,27+,29+,30?,31-,32-,34-,35+,38+,39?,40-/m1/s1. The number of hydrazine groups is 1. The van der Waals surface area contributed by atoms with Crippen molar-refractivity contribution in [3.63, 3.8) is 0 Å². The highest BCUT2D eigenvalue weighted by Crippen LogP contribution is 2.44. The molecule has 312 valence electrons. The van der Waals surface area contributed by atoms with Gasteiger partial charge < -0.3 is 39.4 Å². The third kappa shape index (κ3) is 9.34. The first kappa shape index (κ1) is 44.9. The van der Waals surface area contributed by atoms with Crippen LogP contribution >= 0.6 is 0 Å². The minimum Gasteiger partial charge on any atom is -0.456 e. The lowest BCUT2D eigenvalue weighted by molar-refractivity contribution is -0.298. The van der Waals surface area contributed by atoms with E-state index in [4.69, 9.17) is 29.4 Å². The van der Waals surface area contributed by atoms with Crippen molar-refractivity contribution in [2.24, 2.45) is 23.5 Å². The van der Waals surface area contributed by atoms with Crippen LogP contribution in [0.3, 0.4) is 0 Å². The van der Waals surface area contributed by atoms with E-state index >= 15 is 4.39 Å². The van der Waals surface area contributed by atoms with Crippen molar-refractivity contribution in [3.8, 4) is 0 Å². The lowest BCUT2D eigenvalue weighted by Gasteiger charge is -2.48. The number of pyridine rings is 1. The van der Waals surface area contributed by atoms with Crippen LogP contribution in [0, 0.1) is 17.8 Å². The van der Waals surface area contributed by atoms with Crippen molar-refractivity contribution in [1.82, 2.24) is 19.9 Å². The molecule has 1 aromatic heterocycles. The second-order valence-electron chi connectivity index (χ2n) is 16.9. The number of hydrogen-bond donors (Lipinski definition) is 2. The molecule has 0 bridgehead atoms. The first-order chi connectivity index (χ1) is 25.6. The number of aromatic nitrogens is 1. The fourth-order valence-electron chi connectivity index (χ4n) is 8.76. The highest BCUT2D eigenvalue weighted by Gasteiger charge is 2.62. The Hall–Kier alpha value is -2.79. The third-order valence-electron chi connectivity index (χ3n) is 12.4. The fraction of sp³-hybridized carbons (Fsp3) is 0.800. The molecule has 0 radical (unpaired) electrons. The maximum atomic E-state index is 16.9. The van der Waals surface area contributed by atoms with Crippen LogP contribution in [-0.4, -0.2) is 143 Å². The lowest BCUT2D eigenvalue weighted by Crippen LogP contribution is -2.63. The number of Topliss-reactive ketones (excluding diaryl/α,β-unsaturated/α-hetero) is 1. The lowest BCUT2D eigenvalue weighted by atomic mass is 9.72. The summed E-state index contributed by atoms with van der Waals surface area (Å²) in [6.45, 7) is 15.7. The maximum Gasteiger partial charge on any atom is 0.425 e. The molecule has 0 spiro atoms. The summed E-state index contributed by atoms with van der Waals surface area (Å²) >= 11 is 0. The zero-order valence-electron chi connectivity index (χ0n) is 34.9. The van der Waals surface area contributed by atoms with Crippen molar-refractivity contribution in [2.75, 3.05) is 34.3 Å². The van der Waals surface area contributed by atoms with Crippen LogP contribution in [-0.2, 0) is 39.7 Å². The van der Waals surface area contributed by atoms with E-state index in [1.54, 1.807) is 38.3 Å². The number of ether oxygens (including phenoxy) is 5. The minimum atomic E-state index is -3.14. The molecule has 4 rings (SSSR count). The molecule has 0 aliphatic carbocycles. The van der Waals surface area contributed by atoms with Crippen molar-refractivity contribution >= 4 is 17.8 Å². The average molecular weight is 780 g/mol. The number of aliphatic hydroxyl groups is 1. The monoisotopic (exact) mass is 779 g/mol. The molecule has 2 unspecified atom stereocenters. The molecule has 3 saturated heterocycles. The highest BCUT2D eigenvalue weighted by atomic mass is 19.1. The normalized spacial score (nSPS) is 40.9. The largest absolute Gasteiger partial charge is 0.456 e. The van der Waals surface area contributed by atoms with Gasteiger partial charge in [0.2, 0.25) is 0 Å². The molecule has 14 atom stereocenters. The van der Waals surface area contributed by atoms with Gasteiger partial charge in [-0.25, -0.2) is 24.0 Å². The molecule has 1 amide bonds. The summed E-state index contributed by atoms with van der Waals surface area (Å²) in [4.78, 5) is 47.8. The van der Waals surface area contributed by atoms with E-state index in [0.29, 0.717) is 25.8 Å². The summed E-state index contributed by atoms with van der Waals surface area (Å²) in [5, 5.41) is 14.8. The quantitative estimate of drug-likeness (QED) is 0.200. The third-order valence-corrected chi connectivity index (χ3v) is 12.4. The number of ketones is 1. The molecule has 0 saturated carbocycles. The van der Waals surface area contributed by atoms with Crippen molar-refractivity contribution < 1.29 is 47.6 Å². The number of nitrogens with two attached hydrogens (primary N) is 1. The molecule has 0 aromatic carbocycles. The number of esters is 1. The second kappa shape index (κ2) is 17.8. The number of carbonyl (C=O) groups excluding carboxylic acids is 3. The summed E-state index contributed by atoms with van der Waals surface area (Å²) in [6.07, 6.45) is -0.246. The van der Waals surface area contributed by atoms with Crippen LogP contribution in [0.25, 0.3) is 0 Å². The molecule has 14 nitrogen and oxygen atoms in total. The summed E-state index contributed by atoms with van der Waals surface area (Å²) < 4.78 is 48.3. The van der Waals surface area contributed by atoms with E-state index in [2.05, 4.69) is 4.98 Å². The molecular formula is C40H66FN5O9. The van der Waals surface area contributed by atoms with E-state index in [0.717, 1.165) is 12.5 Å². The van der Waals surface area contributed by atoms with Crippen molar-refractivity contribution in [3.05, 3.63) is 30.1 Å². The molecule has 4 heterocycles. The maximum absolute atomic E-state index is 16.9. The Balaban J connectivity index is 1.84. The average Bonchev–Trinajstić information content (AvgIpc) is 3.42. The van der Waals surface area contributed by atoms with Crippen LogP contribution in [0.5, 0.6) is 0 Å². The number of amides is 1. The number of cyclic esters (lactones) is 1. The Morgan fingerprint density at radius 1 is 1.07 bits per heavy atom. The molecule has 1 aromatic rings. The predicted molar refractivity (Wildman–Crippen MR) is 203 cm³/mol. The highest BCUT2D eigenvalue weighted by molar-refractivity contribution is 6.07. The van der Waals surface area contributed by atoms with Gasteiger partial charge in [-0.2, -0.15) is 0 Å². The zero-order chi connectivity index (χ0) is 41.2. The van der Waals surface area contributed by atoms with Gasteiger partial charge in [0.05, 0.1) is 23.9 Å². The summed E-state index contributed by atoms with van der Waals surface area (Å²) in [6, 6.07) is 2.18. The van der Waals surface area contributed by atoms with Gasteiger partial charge >= 0.3 is 12.1 Å². The first-order valence-electron chi connectivity index (χ1n) is 19.7. The number of rotatable bonds is 10. The van der Waals surface area contributed by atoms with Gasteiger partial charge in [0.25, 0.3) is 5.67 Å². The SMILES string of the molecule is CCN(C)N1C(=O)O[C@]2(C)[C@H](C)OC(=O)C(C)(F)C(=O)[C@H](C)[C@@H](O[C@@H]3O[C@H](C)C[C@H](N(C)C)[C@H]3O)[C@@](C)(OCCCc3ccncc3)C[C@@H](C)C(N)[C@@H](C)[C@@H]12. The molecule has 3 fully saturated rings. The summed E-state index contributed by atoms with van der Waals surface area (Å²) in [5.41, 5.74) is 2.28. The van der Waals surface area contributed by atoms with Crippen LogP contribution in [0.4, 0.5) is 9.18 Å². The van der Waals surface area contributed by atoms with Gasteiger partial charge in [-0.15, -0.1) is 0 Å². The zero-order valence-corrected chi connectivity index (χ0v) is 34.9. The predicted octanol–water partition coefficient (Wildman–Crippen LogP) is 3.92. The Morgan fingerprint density at radius 2 is 1.71 bits per heavy atom. The number of alkyl halides is 1. The summed E-state index contributed by atoms with van der Waals surface area (Å²) in [5.74, 6) is -4.62. The number of nitrogens with zero attached hydrogens (tertiary/aromatic N) is 4. The molecule has 3 N–H and O–H groups in total. The molecule has 55 heavy (non-hydrogen) atoms. The van der Waals surface area contributed by atoms with Gasteiger partial charge in [-0.3, -0.25) is 9.78 Å². The Labute approximate surface area is 326 Å². The topological polar surface area (TPSA) is 166 Å². The van der Waals surface area contributed by atoms with Crippen molar-refractivity contribution in [2.45, 2.75) is 154 Å². The number of aryl methyl sites for hydroxylation is 1. The van der Waals surface area contributed by atoms with Gasteiger partial charge in [0, 0.05) is 50.6 Å². The molecule has 3 aliphatic heterocycles. The van der Waals surface area contributed by atoms with Crippen LogP contribution in [0.1, 0.15) is 87.1 Å². The van der Waals surface area contributed by atoms with Crippen LogP contribution in [0.2, 0.25) is 0 Å². The number of aliphatic hydroxyl groups excluding tert-OH is 1. The van der Waals surface area contributed by atoms with Gasteiger partial charge in [-0.05, 0) is 104 Å². The van der Waals surface area contributed by atoms with Gasteiger partial charge in [-0.1, -0.05) is 27.7 Å². The number of carbonyl (C=O) groups is 3. The fourth-order valence-corrected chi connectivity index (χ4v) is 8.76. The van der Waals surface area contributed by atoms with Gasteiger partial charge in [0.15, 0.2) is 17.7 Å². The molecular weight excluding hydrogens is 713 g/mol. The Morgan fingerprint density at radius 3 is 2.31 bits per heavy atom. The van der Waals surface area contributed by atoms with Crippen LogP contribution < -0.4 is 5.73 Å². The van der Waals surface area contributed by atoms with E-state index < -0.39 is 83.2 Å². The van der Waals surface area contributed by atoms with E-state index in [1.165, 1.54) is 18.9 Å². The van der Waals surface area contributed by atoms with E-state index in [-0.39, 0.29) is 31.1 Å². The first-order valence-corrected chi connectivity index (χ1v) is 19.7. The number of fused-ring (bicyclic) bond motifs is 1. The number of hydrogen-bond acceptors (Lipinski definition) is 13. The summed E-state index contributed by atoms with van der Waals surface area (Å²) in [7, 11) is 5.45. The molecule has 15 heteroatoms. The number of likely N-dealkylation sites (N-methyl/N-ethyl adjacent to an activating group) is 1. The van der Waals surface area contributed by atoms with Gasteiger partial charge in [0.1, 0.15) is 12.2 Å². The Kier molecular flexibility index (Phi) is 14.5. The van der Waals surface area contributed by atoms with E-state index in [1.807, 2.05) is 58.8 Å². The minimum absolute atomic E-state index is 0.219.